The minimum absolute atomic E-state index is 0.665. The third-order valence-electron chi connectivity index (χ3n) is 9.66. The topological polar surface area (TPSA) is 38.9 Å². The number of hydrogen-bond acceptors (Lipinski definition) is 3. The molecule has 0 saturated carbocycles. The molecule has 0 atom stereocenters. The maximum absolute atomic E-state index is 6.49. The van der Waals surface area contributed by atoms with E-state index < -0.39 is 0 Å². The van der Waals surface area contributed by atoms with Crippen molar-refractivity contribution in [3.8, 4) is 44.9 Å². The van der Waals surface area contributed by atoms with Crippen LogP contribution in [0.3, 0.4) is 0 Å². The van der Waals surface area contributed by atoms with Gasteiger partial charge in [-0.25, -0.2) is 9.97 Å². The van der Waals surface area contributed by atoms with Crippen LogP contribution in [0.25, 0.3) is 99.3 Å². The van der Waals surface area contributed by atoms with E-state index in [1.165, 1.54) is 32.3 Å². The first-order valence-corrected chi connectivity index (χ1v) is 16.6. The standard InChI is InChI=1S/C46H28N2O/c1-3-12-29(13-4-1)32-23-25-42-41(28-32)44-45(49-42)43(30-14-5-2-6-15-30)47-46(48-44)34-17-11-16-31(26-34)33-22-24-39-37-20-8-7-18-35(37)36-19-9-10-21-38(36)40(39)27-33/h1-28H. The predicted octanol–water partition coefficient (Wildman–Crippen LogP) is 12.5. The summed E-state index contributed by atoms with van der Waals surface area (Å²) in [6, 6.07) is 59.8. The van der Waals surface area contributed by atoms with E-state index in [1.54, 1.807) is 0 Å². The van der Waals surface area contributed by atoms with E-state index in [1.807, 2.05) is 30.3 Å². The Morgan fingerprint density at radius 2 is 0.837 bits per heavy atom. The molecule has 0 amide bonds. The van der Waals surface area contributed by atoms with E-state index in [9.17, 15) is 0 Å². The van der Waals surface area contributed by atoms with Crippen molar-refractivity contribution in [3.05, 3.63) is 170 Å². The van der Waals surface area contributed by atoms with Crippen LogP contribution in [0.5, 0.6) is 0 Å². The van der Waals surface area contributed by atoms with Crippen LogP contribution in [0, 0.1) is 0 Å². The van der Waals surface area contributed by atoms with Gasteiger partial charge in [-0.15, -0.1) is 0 Å². The number of hydrogen-bond donors (Lipinski definition) is 0. The number of benzene rings is 8. The van der Waals surface area contributed by atoms with Gasteiger partial charge in [0.1, 0.15) is 16.8 Å². The van der Waals surface area contributed by atoms with Crippen LogP contribution in [0.1, 0.15) is 0 Å². The van der Waals surface area contributed by atoms with Gasteiger partial charge in [-0.3, -0.25) is 0 Å². The maximum atomic E-state index is 6.49. The summed E-state index contributed by atoms with van der Waals surface area (Å²) in [5.41, 5.74) is 9.57. The first-order chi connectivity index (χ1) is 24.3. The summed E-state index contributed by atoms with van der Waals surface area (Å²) in [4.78, 5) is 10.4. The molecule has 8 aromatic carbocycles. The third-order valence-corrected chi connectivity index (χ3v) is 9.66. The summed E-state index contributed by atoms with van der Waals surface area (Å²) < 4.78 is 6.49. The Kier molecular flexibility index (Phi) is 6.18. The highest BCUT2D eigenvalue weighted by Crippen LogP contribution is 2.40. The van der Waals surface area contributed by atoms with Crippen molar-refractivity contribution in [2.75, 3.05) is 0 Å². The van der Waals surface area contributed by atoms with Crippen LogP contribution >= 0.6 is 0 Å². The molecule has 228 valence electrons. The lowest BCUT2D eigenvalue weighted by molar-refractivity contribution is 0.667. The van der Waals surface area contributed by atoms with Gasteiger partial charge in [0.2, 0.25) is 0 Å². The predicted molar refractivity (Wildman–Crippen MR) is 204 cm³/mol. The van der Waals surface area contributed by atoms with Crippen LogP contribution in [-0.2, 0) is 0 Å². The van der Waals surface area contributed by atoms with Crippen molar-refractivity contribution in [1.82, 2.24) is 9.97 Å². The first kappa shape index (κ1) is 27.5. The molecule has 0 spiro atoms. The van der Waals surface area contributed by atoms with E-state index in [2.05, 4.69) is 140 Å². The maximum Gasteiger partial charge on any atom is 0.180 e. The Bertz CT molecular complexity index is 2840. The van der Waals surface area contributed by atoms with Gasteiger partial charge < -0.3 is 4.42 Å². The summed E-state index contributed by atoms with van der Waals surface area (Å²) >= 11 is 0. The Balaban J connectivity index is 1.17. The van der Waals surface area contributed by atoms with Crippen molar-refractivity contribution in [2.45, 2.75) is 0 Å². The largest absolute Gasteiger partial charge is 0.452 e. The number of aromatic nitrogens is 2. The molecule has 0 aliphatic rings. The van der Waals surface area contributed by atoms with Crippen LogP contribution in [0.2, 0.25) is 0 Å². The van der Waals surface area contributed by atoms with Gasteiger partial charge >= 0.3 is 0 Å². The van der Waals surface area contributed by atoms with Gasteiger partial charge in [0.05, 0.1) is 0 Å². The van der Waals surface area contributed by atoms with Gasteiger partial charge in [-0.2, -0.15) is 0 Å². The molecular formula is C46H28N2O. The van der Waals surface area contributed by atoms with E-state index >= 15 is 0 Å². The fourth-order valence-corrected chi connectivity index (χ4v) is 7.30. The van der Waals surface area contributed by atoms with Gasteiger partial charge in [0, 0.05) is 16.5 Å². The van der Waals surface area contributed by atoms with Crippen LogP contribution in [0.15, 0.2) is 174 Å². The fourth-order valence-electron chi connectivity index (χ4n) is 7.30. The summed E-state index contributed by atoms with van der Waals surface area (Å²) in [7, 11) is 0. The van der Waals surface area contributed by atoms with Crippen LogP contribution in [0.4, 0.5) is 0 Å². The highest BCUT2D eigenvalue weighted by atomic mass is 16.3. The SMILES string of the molecule is c1ccc(-c2ccc3oc4c(-c5ccccc5)nc(-c5cccc(-c6ccc7c8ccccc8c8ccccc8c7c6)c5)nc4c3c2)cc1. The average molecular weight is 625 g/mol. The van der Waals surface area contributed by atoms with Crippen molar-refractivity contribution in [1.29, 1.82) is 0 Å². The molecule has 0 unspecified atom stereocenters. The Morgan fingerprint density at radius 3 is 1.55 bits per heavy atom. The van der Waals surface area contributed by atoms with E-state index in [-0.39, 0.29) is 0 Å². The molecule has 2 heterocycles. The molecule has 0 saturated heterocycles. The molecule has 0 aliphatic carbocycles. The summed E-state index contributed by atoms with van der Waals surface area (Å²) in [6.07, 6.45) is 0. The Morgan fingerprint density at radius 1 is 0.327 bits per heavy atom. The van der Waals surface area contributed by atoms with Crippen molar-refractivity contribution in [2.24, 2.45) is 0 Å². The lowest BCUT2D eigenvalue weighted by Gasteiger charge is -2.12. The zero-order valence-electron chi connectivity index (χ0n) is 26.5. The molecule has 0 fully saturated rings. The molecule has 0 radical (unpaired) electrons. The minimum atomic E-state index is 0.665. The Labute approximate surface area is 282 Å². The molecule has 2 aromatic heterocycles. The van der Waals surface area contributed by atoms with Gasteiger partial charge in [-0.1, -0.05) is 146 Å². The second-order valence-corrected chi connectivity index (χ2v) is 12.6. The molecule has 0 bridgehead atoms. The first-order valence-electron chi connectivity index (χ1n) is 16.6. The molecule has 3 heteroatoms. The molecule has 10 aromatic rings. The van der Waals surface area contributed by atoms with Crippen molar-refractivity contribution >= 4 is 54.4 Å². The van der Waals surface area contributed by atoms with E-state index in [0.29, 0.717) is 11.4 Å². The summed E-state index contributed by atoms with van der Waals surface area (Å²) in [5, 5.41) is 8.57. The van der Waals surface area contributed by atoms with Gasteiger partial charge in [-0.05, 0) is 78.8 Å². The van der Waals surface area contributed by atoms with E-state index in [4.69, 9.17) is 14.4 Å². The summed E-state index contributed by atoms with van der Waals surface area (Å²) in [5.74, 6) is 0.665. The number of nitrogens with zero attached hydrogens (tertiary/aromatic N) is 2. The average Bonchev–Trinajstić information content (AvgIpc) is 3.56. The number of fused-ring (bicyclic) bond motifs is 9. The second kappa shape index (κ2) is 11.0. The quantitative estimate of drug-likeness (QED) is 0.183. The highest BCUT2D eigenvalue weighted by Gasteiger charge is 2.19. The molecular weight excluding hydrogens is 597 g/mol. The molecule has 49 heavy (non-hydrogen) atoms. The lowest BCUT2D eigenvalue weighted by atomic mass is 9.92. The molecule has 3 nitrogen and oxygen atoms in total. The Hall–Kier alpha value is -6.58. The van der Waals surface area contributed by atoms with Crippen molar-refractivity contribution < 1.29 is 4.42 Å². The lowest BCUT2D eigenvalue weighted by Crippen LogP contribution is -1.94. The summed E-state index contributed by atoms with van der Waals surface area (Å²) in [6.45, 7) is 0. The van der Waals surface area contributed by atoms with Crippen LogP contribution < -0.4 is 0 Å². The zero-order valence-corrected chi connectivity index (χ0v) is 26.5. The molecule has 0 N–H and O–H groups in total. The normalized spacial score (nSPS) is 11.7. The van der Waals surface area contributed by atoms with Gasteiger partial charge in [0.15, 0.2) is 11.4 Å². The fraction of sp³-hybridized carbons (Fsp3) is 0. The molecule has 10 rings (SSSR count). The number of rotatable bonds is 4. The third kappa shape index (κ3) is 4.51. The smallest absolute Gasteiger partial charge is 0.180 e. The monoisotopic (exact) mass is 624 g/mol. The van der Waals surface area contributed by atoms with Crippen molar-refractivity contribution in [3.63, 3.8) is 0 Å². The second-order valence-electron chi connectivity index (χ2n) is 12.6. The minimum Gasteiger partial charge on any atom is -0.452 e. The number of furan rings is 1. The highest BCUT2D eigenvalue weighted by molar-refractivity contribution is 6.25. The van der Waals surface area contributed by atoms with Gasteiger partial charge in [0.25, 0.3) is 0 Å². The zero-order chi connectivity index (χ0) is 32.3. The van der Waals surface area contributed by atoms with E-state index in [0.717, 1.165) is 55.6 Å². The van der Waals surface area contributed by atoms with Crippen LogP contribution in [-0.4, -0.2) is 9.97 Å². The molecule has 0 aliphatic heterocycles.